The molecule has 3 heteroatoms. The number of alkyl halides is 1. The van der Waals surface area contributed by atoms with Crippen molar-refractivity contribution < 1.29 is 4.74 Å². The van der Waals surface area contributed by atoms with Gasteiger partial charge < -0.3 is 9.64 Å². The maximum atomic E-state index is 5.74. The van der Waals surface area contributed by atoms with Gasteiger partial charge in [0.15, 0.2) is 0 Å². The predicted octanol–water partition coefficient (Wildman–Crippen LogP) is 4.06. The van der Waals surface area contributed by atoms with Crippen LogP contribution in [0.2, 0.25) is 0 Å². The average Bonchev–Trinajstić information content (AvgIpc) is 2.34. The zero-order valence-electron chi connectivity index (χ0n) is 12.1. The average molecular weight is 270 g/mol. The van der Waals surface area contributed by atoms with E-state index in [1.165, 1.54) is 11.3 Å². The van der Waals surface area contributed by atoms with Gasteiger partial charge >= 0.3 is 0 Å². The van der Waals surface area contributed by atoms with E-state index in [-0.39, 0.29) is 5.41 Å². The lowest BCUT2D eigenvalue weighted by molar-refractivity contribution is 0.397. The number of hydrogen-bond acceptors (Lipinski definition) is 2. The molecule has 0 saturated carbocycles. The molecule has 0 amide bonds. The second-order valence-electron chi connectivity index (χ2n) is 5.60. The Kier molecular flexibility index (Phi) is 5.33. The molecular formula is C15H24ClNO. The van der Waals surface area contributed by atoms with Gasteiger partial charge in [-0.2, -0.15) is 0 Å². The van der Waals surface area contributed by atoms with Crippen molar-refractivity contribution in [1.82, 2.24) is 0 Å². The molecular weight excluding hydrogens is 246 g/mol. The summed E-state index contributed by atoms with van der Waals surface area (Å²) in [6, 6.07) is 6.36. The quantitative estimate of drug-likeness (QED) is 0.748. The third-order valence-corrected chi connectivity index (χ3v) is 3.33. The molecule has 18 heavy (non-hydrogen) atoms. The number of rotatable bonds is 5. The first kappa shape index (κ1) is 15.2. The Labute approximate surface area is 116 Å². The number of ether oxygens (including phenoxy) is 1. The highest BCUT2D eigenvalue weighted by Crippen LogP contribution is 2.34. The zero-order valence-corrected chi connectivity index (χ0v) is 12.8. The standard InChI is InChI=1S/C15H24ClNO/c1-15(2,3)13-11-12(7-8-14(13)18-5)17(4)10-6-9-16/h7-8,11H,6,9-10H2,1-5H3. The van der Waals surface area contributed by atoms with Crippen LogP contribution in [0, 0.1) is 0 Å². The van der Waals surface area contributed by atoms with Crippen molar-refractivity contribution in [2.75, 3.05) is 31.5 Å². The molecule has 2 nitrogen and oxygen atoms in total. The van der Waals surface area contributed by atoms with Crippen molar-refractivity contribution >= 4 is 17.3 Å². The van der Waals surface area contributed by atoms with Crippen LogP contribution in [-0.4, -0.2) is 26.6 Å². The van der Waals surface area contributed by atoms with E-state index in [4.69, 9.17) is 16.3 Å². The van der Waals surface area contributed by atoms with Gasteiger partial charge in [-0.15, -0.1) is 11.6 Å². The maximum Gasteiger partial charge on any atom is 0.122 e. The summed E-state index contributed by atoms with van der Waals surface area (Å²) in [5, 5.41) is 0. The van der Waals surface area contributed by atoms with Crippen molar-refractivity contribution in [3.8, 4) is 5.75 Å². The zero-order chi connectivity index (χ0) is 13.8. The van der Waals surface area contributed by atoms with Gasteiger partial charge in [0, 0.05) is 30.7 Å². The van der Waals surface area contributed by atoms with Gasteiger partial charge in [-0.1, -0.05) is 20.8 Å². The Morgan fingerprint density at radius 2 is 1.94 bits per heavy atom. The minimum atomic E-state index is 0.0781. The fourth-order valence-electron chi connectivity index (χ4n) is 1.95. The summed E-state index contributed by atoms with van der Waals surface area (Å²) < 4.78 is 5.45. The number of nitrogens with zero attached hydrogens (tertiary/aromatic N) is 1. The largest absolute Gasteiger partial charge is 0.496 e. The minimum Gasteiger partial charge on any atom is -0.496 e. The Bertz CT molecular complexity index is 385. The molecule has 102 valence electrons. The van der Waals surface area contributed by atoms with Crippen LogP contribution >= 0.6 is 11.6 Å². The number of hydrogen-bond donors (Lipinski definition) is 0. The fraction of sp³-hybridized carbons (Fsp3) is 0.600. The monoisotopic (exact) mass is 269 g/mol. The molecule has 0 spiro atoms. The number of anilines is 1. The molecule has 0 unspecified atom stereocenters. The summed E-state index contributed by atoms with van der Waals surface area (Å²) in [7, 11) is 3.82. The van der Waals surface area contributed by atoms with Crippen molar-refractivity contribution in [1.29, 1.82) is 0 Å². The molecule has 1 rings (SSSR count). The van der Waals surface area contributed by atoms with Gasteiger partial charge in [0.05, 0.1) is 7.11 Å². The summed E-state index contributed by atoms with van der Waals surface area (Å²) in [6.07, 6.45) is 0.995. The van der Waals surface area contributed by atoms with Crippen molar-refractivity contribution in [2.24, 2.45) is 0 Å². The first-order chi connectivity index (χ1) is 8.40. The molecule has 0 aliphatic carbocycles. The smallest absolute Gasteiger partial charge is 0.122 e. The maximum absolute atomic E-state index is 5.74. The molecule has 0 saturated heterocycles. The summed E-state index contributed by atoms with van der Waals surface area (Å²) in [4.78, 5) is 2.23. The van der Waals surface area contributed by atoms with Crippen molar-refractivity contribution in [2.45, 2.75) is 32.6 Å². The van der Waals surface area contributed by atoms with Gasteiger partial charge in [0.1, 0.15) is 5.75 Å². The summed E-state index contributed by atoms with van der Waals surface area (Å²) in [5.41, 5.74) is 2.53. The van der Waals surface area contributed by atoms with Crippen molar-refractivity contribution in [3.05, 3.63) is 23.8 Å². The van der Waals surface area contributed by atoms with E-state index in [9.17, 15) is 0 Å². The van der Waals surface area contributed by atoms with E-state index in [0.29, 0.717) is 5.88 Å². The highest BCUT2D eigenvalue weighted by molar-refractivity contribution is 6.17. The summed E-state index contributed by atoms with van der Waals surface area (Å²) >= 11 is 5.74. The van der Waals surface area contributed by atoms with E-state index in [1.807, 2.05) is 6.07 Å². The molecule has 0 bridgehead atoms. The molecule has 0 N–H and O–H groups in total. The van der Waals surface area contributed by atoms with E-state index in [2.05, 4.69) is 44.9 Å². The van der Waals surface area contributed by atoms with Crippen LogP contribution in [0.15, 0.2) is 18.2 Å². The van der Waals surface area contributed by atoms with E-state index in [0.717, 1.165) is 18.7 Å². The molecule has 0 aliphatic rings. The van der Waals surface area contributed by atoms with Gasteiger partial charge in [0.2, 0.25) is 0 Å². The van der Waals surface area contributed by atoms with E-state index in [1.54, 1.807) is 7.11 Å². The molecule has 0 aromatic heterocycles. The van der Waals surface area contributed by atoms with Crippen LogP contribution in [0.5, 0.6) is 5.75 Å². The lowest BCUT2D eigenvalue weighted by Gasteiger charge is -2.26. The molecule has 1 aromatic rings. The lowest BCUT2D eigenvalue weighted by Crippen LogP contribution is -2.20. The normalized spacial score (nSPS) is 11.4. The van der Waals surface area contributed by atoms with Crippen LogP contribution in [0.3, 0.4) is 0 Å². The van der Waals surface area contributed by atoms with Crippen LogP contribution in [0.25, 0.3) is 0 Å². The number of halogens is 1. The third-order valence-electron chi connectivity index (χ3n) is 3.06. The van der Waals surface area contributed by atoms with Crippen LogP contribution in [-0.2, 0) is 5.41 Å². The summed E-state index contributed by atoms with van der Waals surface area (Å²) in [5.74, 6) is 1.66. The predicted molar refractivity (Wildman–Crippen MR) is 80.3 cm³/mol. The number of methoxy groups -OCH3 is 1. The minimum absolute atomic E-state index is 0.0781. The topological polar surface area (TPSA) is 12.5 Å². The Hall–Kier alpha value is -0.890. The lowest BCUT2D eigenvalue weighted by atomic mass is 9.86. The van der Waals surface area contributed by atoms with Gasteiger partial charge in [-0.05, 0) is 30.0 Å². The first-order valence-corrected chi connectivity index (χ1v) is 6.89. The van der Waals surface area contributed by atoms with Crippen LogP contribution in [0.4, 0.5) is 5.69 Å². The molecule has 0 fully saturated rings. The second-order valence-corrected chi connectivity index (χ2v) is 5.98. The molecule has 0 radical (unpaired) electrons. The third kappa shape index (κ3) is 3.81. The molecule has 1 aromatic carbocycles. The Balaban J connectivity index is 3.03. The first-order valence-electron chi connectivity index (χ1n) is 6.35. The van der Waals surface area contributed by atoms with E-state index >= 15 is 0 Å². The van der Waals surface area contributed by atoms with Gasteiger partial charge in [0.25, 0.3) is 0 Å². The van der Waals surface area contributed by atoms with Crippen molar-refractivity contribution in [3.63, 3.8) is 0 Å². The van der Waals surface area contributed by atoms with Crippen LogP contribution in [0.1, 0.15) is 32.8 Å². The Morgan fingerprint density at radius 1 is 1.28 bits per heavy atom. The highest BCUT2D eigenvalue weighted by atomic mass is 35.5. The van der Waals surface area contributed by atoms with Gasteiger partial charge in [-0.25, -0.2) is 0 Å². The SMILES string of the molecule is COc1ccc(N(C)CCCCl)cc1C(C)(C)C. The molecule has 0 aliphatic heterocycles. The Morgan fingerprint density at radius 3 is 2.44 bits per heavy atom. The van der Waals surface area contributed by atoms with Gasteiger partial charge in [-0.3, -0.25) is 0 Å². The second kappa shape index (κ2) is 6.33. The number of benzene rings is 1. The molecule has 0 atom stereocenters. The molecule has 0 heterocycles. The fourth-order valence-corrected chi connectivity index (χ4v) is 2.07. The highest BCUT2D eigenvalue weighted by Gasteiger charge is 2.19. The van der Waals surface area contributed by atoms with E-state index < -0.39 is 0 Å². The van der Waals surface area contributed by atoms with Crippen LogP contribution < -0.4 is 9.64 Å². The summed E-state index contributed by atoms with van der Waals surface area (Å²) in [6.45, 7) is 7.58.